The predicted octanol–water partition coefficient (Wildman–Crippen LogP) is 1.95. The number of likely N-dealkylation sites (tertiary alicyclic amines) is 1. The fourth-order valence-electron chi connectivity index (χ4n) is 1.14. The maximum atomic E-state index is 4.50. The zero-order valence-corrected chi connectivity index (χ0v) is 9.43. The van der Waals surface area contributed by atoms with E-state index in [9.17, 15) is 0 Å². The van der Waals surface area contributed by atoms with Crippen LogP contribution in [0, 0.1) is 5.92 Å². The number of rotatable bonds is 0. The van der Waals surface area contributed by atoms with Gasteiger partial charge in [0.15, 0.2) is 0 Å². The minimum atomic E-state index is 0.978. The summed E-state index contributed by atoms with van der Waals surface area (Å²) < 4.78 is 0. The minimum absolute atomic E-state index is 0.978. The van der Waals surface area contributed by atoms with Crippen LogP contribution in [0.15, 0.2) is 0 Å². The molecular formula is C10H26N2. The van der Waals surface area contributed by atoms with E-state index < -0.39 is 0 Å². The third-order valence-corrected chi connectivity index (χ3v) is 2.01. The maximum Gasteiger partial charge on any atom is -0.00192 e. The summed E-state index contributed by atoms with van der Waals surface area (Å²) in [4.78, 5) is 2.40. The number of hydrogen-bond acceptors (Lipinski definition) is 2. The van der Waals surface area contributed by atoms with Gasteiger partial charge in [0.1, 0.15) is 0 Å². The molecule has 0 atom stereocenters. The van der Waals surface area contributed by atoms with Crippen molar-refractivity contribution in [3.05, 3.63) is 0 Å². The molecule has 2 nitrogen and oxygen atoms in total. The molecule has 0 amide bonds. The molecule has 0 aliphatic carbocycles. The summed E-state index contributed by atoms with van der Waals surface area (Å²) in [6, 6.07) is 0. The van der Waals surface area contributed by atoms with Crippen LogP contribution in [-0.2, 0) is 0 Å². The summed E-state index contributed by atoms with van der Waals surface area (Å²) >= 11 is 0. The van der Waals surface area contributed by atoms with Crippen molar-refractivity contribution in [2.75, 3.05) is 27.2 Å². The summed E-state index contributed by atoms with van der Waals surface area (Å²) in [6.45, 7) is 8.95. The molecule has 0 radical (unpaired) electrons. The van der Waals surface area contributed by atoms with Crippen molar-refractivity contribution in [1.29, 1.82) is 0 Å². The van der Waals surface area contributed by atoms with Gasteiger partial charge in [-0.25, -0.2) is 0 Å². The molecule has 0 spiro atoms. The molecule has 1 aliphatic heterocycles. The Kier molecular flexibility index (Phi) is 13.1. The first-order valence-electron chi connectivity index (χ1n) is 5.05. The highest BCUT2D eigenvalue weighted by Crippen LogP contribution is 2.13. The molecule has 0 aromatic heterocycles. The second-order valence-corrected chi connectivity index (χ2v) is 2.99. The third kappa shape index (κ3) is 8.02. The summed E-state index contributed by atoms with van der Waals surface area (Å²) in [5.74, 6) is 0.978. The monoisotopic (exact) mass is 174 g/mol. The molecule has 1 aliphatic rings. The van der Waals surface area contributed by atoms with Crippen LogP contribution in [0.1, 0.15) is 33.6 Å². The molecule has 1 fully saturated rings. The minimum Gasteiger partial charge on any atom is -0.333 e. The largest absolute Gasteiger partial charge is 0.333 e. The lowest BCUT2D eigenvalue weighted by atomic mass is 10.00. The highest BCUT2D eigenvalue weighted by atomic mass is 15.1. The van der Waals surface area contributed by atoms with E-state index in [1.165, 1.54) is 33.0 Å². The van der Waals surface area contributed by atoms with Crippen LogP contribution in [0.4, 0.5) is 0 Å². The first-order chi connectivity index (χ1) is 5.79. The zero-order chi connectivity index (χ0) is 9.98. The van der Waals surface area contributed by atoms with Crippen molar-refractivity contribution in [1.82, 2.24) is 4.90 Å². The molecule has 0 saturated carbocycles. The Bertz CT molecular complexity index is 56.2. The van der Waals surface area contributed by atoms with Gasteiger partial charge in [0.25, 0.3) is 0 Å². The normalized spacial score (nSPS) is 18.5. The molecule has 76 valence electrons. The van der Waals surface area contributed by atoms with E-state index >= 15 is 0 Å². The molecule has 0 bridgehead atoms. The van der Waals surface area contributed by atoms with Crippen LogP contribution in [0.25, 0.3) is 0 Å². The van der Waals surface area contributed by atoms with Gasteiger partial charge in [-0.3, -0.25) is 0 Å². The summed E-state index contributed by atoms with van der Waals surface area (Å²) in [5, 5.41) is 0. The van der Waals surface area contributed by atoms with E-state index in [0.717, 1.165) is 5.92 Å². The smallest absolute Gasteiger partial charge is 0.00192 e. The van der Waals surface area contributed by atoms with Crippen molar-refractivity contribution < 1.29 is 0 Å². The quantitative estimate of drug-likeness (QED) is 0.608. The Morgan fingerprint density at radius 2 is 1.42 bits per heavy atom. The summed E-state index contributed by atoms with van der Waals surface area (Å²) in [7, 11) is 3.70. The number of hydrogen-bond donors (Lipinski definition) is 1. The Labute approximate surface area is 78.1 Å². The van der Waals surface area contributed by atoms with E-state index in [1.54, 1.807) is 0 Å². The fourth-order valence-corrected chi connectivity index (χ4v) is 1.14. The lowest BCUT2D eigenvalue weighted by Crippen LogP contribution is -2.28. The Balaban J connectivity index is 0. The zero-order valence-electron chi connectivity index (χ0n) is 9.43. The van der Waals surface area contributed by atoms with Gasteiger partial charge >= 0.3 is 0 Å². The SMILES string of the molecule is CC.CC1CCN(C)CC1.CN. The predicted molar refractivity (Wildman–Crippen MR) is 57.4 cm³/mol. The molecule has 12 heavy (non-hydrogen) atoms. The van der Waals surface area contributed by atoms with Gasteiger partial charge in [-0.15, -0.1) is 0 Å². The van der Waals surface area contributed by atoms with Crippen LogP contribution < -0.4 is 5.73 Å². The molecule has 0 unspecified atom stereocenters. The lowest BCUT2D eigenvalue weighted by Gasteiger charge is -2.26. The Morgan fingerprint density at radius 3 is 1.67 bits per heavy atom. The van der Waals surface area contributed by atoms with Gasteiger partial charge in [-0.05, 0) is 45.9 Å². The van der Waals surface area contributed by atoms with E-state index in [0.29, 0.717) is 0 Å². The van der Waals surface area contributed by atoms with E-state index in [-0.39, 0.29) is 0 Å². The summed E-state index contributed by atoms with van der Waals surface area (Å²) in [5.41, 5.74) is 4.50. The van der Waals surface area contributed by atoms with Gasteiger partial charge in [-0.1, -0.05) is 20.8 Å². The molecule has 2 N–H and O–H groups in total. The van der Waals surface area contributed by atoms with Crippen LogP contribution >= 0.6 is 0 Å². The van der Waals surface area contributed by atoms with Gasteiger partial charge in [0.2, 0.25) is 0 Å². The van der Waals surface area contributed by atoms with Crippen LogP contribution in [-0.4, -0.2) is 32.1 Å². The molecule has 0 aromatic rings. The first-order valence-corrected chi connectivity index (χ1v) is 5.05. The van der Waals surface area contributed by atoms with Crippen LogP contribution in [0.3, 0.4) is 0 Å². The second kappa shape index (κ2) is 10.9. The average Bonchev–Trinajstić information content (AvgIpc) is 2.17. The number of nitrogens with zero attached hydrogens (tertiary/aromatic N) is 1. The average molecular weight is 174 g/mol. The van der Waals surface area contributed by atoms with Crippen molar-refractivity contribution in [2.24, 2.45) is 11.7 Å². The molecule has 1 heterocycles. The van der Waals surface area contributed by atoms with Gasteiger partial charge in [-0.2, -0.15) is 0 Å². The standard InChI is InChI=1S/C7H15N.C2H6.CH5N/c1-7-3-5-8(2)6-4-7;2*1-2/h7H,3-6H2,1-2H3;1-2H3;2H2,1H3. The number of piperidine rings is 1. The first kappa shape index (κ1) is 14.4. The maximum absolute atomic E-state index is 4.50. The van der Waals surface area contributed by atoms with E-state index in [1.807, 2.05) is 13.8 Å². The van der Waals surface area contributed by atoms with Crippen LogP contribution in [0.2, 0.25) is 0 Å². The summed E-state index contributed by atoms with van der Waals surface area (Å²) in [6.07, 6.45) is 2.80. The third-order valence-electron chi connectivity index (χ3n) is 2.01. The van der Waals surface area contributed by atoms with Gasteiger partial charge < -0.3 is 10.6 Å². The molecular weight excluding hydrogens is 148 g/mol. The van der Waals surface area contributed by atoms with E-state index in [4.69, 9.17) is 0 Å². The molecule has 1 saturated heterocycles. The highest BCUT2D eigenvalue weighted by Gasteiger charge is 2.10. The highest BCUT2D eigenvalue weighted by molar-refractivity contribution is 4.65. The molecule has 2 heteroatoms. The Hall–Kier alpha value is -0.0800. The van der Waals surface area contributed by atoms with E-state index in [2.05, 4.69) is 24.6 Å². The van der Waals surface area contributed by atoms with Crippen molar-refractivity contribution >= 4 is 0 Å². The molecule has 0 aromatic carbocycles. The Morgan fingerprint density at radius 1 is 1.08 bits per heavy atom. The van der Waals surface area contributed by atoms with Crippen molar-refractivity contribution in [3.63, 3.8) is 0 Å². The van der Waals surface area contributed by atoms with Crippen LogP contribution in [0.5, 0.6) is 0 Å². The van der Waals surface area contributed by atoms with Crippen molar-refractivity contribution in [2.45, 2.75) is 33.6 Å². The topological polar surface area (TPSA) is 29.3 Å². The van der Waals surface area contributed by atoms with Crippen molar-refractivity contribution in [3.8, 4) is 0 Å². The van der Waals surface area contributed by atoms with Gasteiger partial charge in [0, 0.05) is 0 Å². The molecule has 1 rings (SSSR count). The number of nitrogens with two attached hydrogens (primary N) is 1. The lowest BCUT2D eigenvalue weighted by molar-refractivity contribution is 0.230. The second-order valence-electron chi connectivity index (χ2n) is 2.99. The fraction of sp³-hybridized carbons (Fsp3) is 1.00. The van der Waals surface area contributed by atoms with Gasteiger partial charge in [0.05, 0.1) is 0 Å².